The van der Waals surface area contributed by atoms with Gasteiger partial charge in [0.15, 0.2) is 0 Å². The van der Waals surface area contributed by atoms with Crippen molar-refractivity contribution in [1.29, 1.82) is 0 Å². The van der Waals surface area contributed by atoms with E-state index in [1.807, 2.05) is 49.4 Å². The summed E-state index contributed by atoms with van der Waals surface area (Å²) in [5.41, 5.74) is 4.62. The third-order valence-electron chi connectivity index (χ3n) is 4.96. The Morgan fingerprint density at radius 3 is 2.25 bits per heavy atom. The van der Waals surface area contributed by atoms with Crippen molar-refractivity contribution in [2.75, 3.05) is 18.4 Å². The van der Waals surface area contributed by atoms with Gasteiger partial charge in [-0.25, -0.2) is 4.98 Å². The Labute approximate surface area is 166 Å². The molecule has 146 valence electrons. The fourth-order valence-corrected chi connectivity index (χ4v) is 3.21. The third-order valence-corrected chi connectivity index (χ3v) is 4.96. The molecule has 2 aromatic carbocycles. The van der Waals surface area contributed by atoms with Crippen LogP contribution in [0, 0.1) is 6.92 Å². The first-order valence-corrected chi connectivity index (χ1v) is 9.81. The lowest BCUT2D eigenvalue weighted by atomic mass is 10.1. The Morgan fingerprint density at radius 1 is 0.964 bits per heavy atom. The SMILES string of the molecule is CCN(CC)Cc1ccc(Nc2nc(C)c(Cc3ccccc3)c(=O)[nH]2)cc1. The first-order valence-electron chi connectivity index (χ1n) is 9.81. The smallest absolute Gasteiger partial charge is 0.256 e. The molecule has 0 bridgehead atoms. The van der Waals surface area contributed by atoms with Crippen molar-refractivity contribution in [2.45, 2.75) is 33.7 Å². The van der Waals surface area contributed by atoms with E-state index in [2.05, 4.69) is 46.2 Å². The highest BCUT2D eigenvalue weighted by Crippen LogP contribution is 2.16. The van der Waals surface area contributed by atoms with Crippen LogP contribution in [0.5, 0.6) is 0 Å². The lowest BCUT2D eigenvalue weighted by Gasteiger charge is -2.18. The number of rotatable bonds is 8. The second kappa shape index (κ2) is 9.33. The molecule has 0 spiro atoms. The van der Waals surface area contributed by atoms with Crippen LogP contribution in [0.1, 0.15) is 36.2 Å². The molecule has 3 aromatic rings. The van der Waals surface area contributed by atoms with Crippen molar-refractivity contribution in [1.82, 2.24) is 14.9 Å². The van der Waals surface area contributed by atoms with Crippen molar-refractivity contribution >= 4 is 11.6 Å². The Kier molecular flexibility index (Phi) is 6.61. The molecular weight excluding hydrogens is 348 g/mol. The molecule has 1 aromatic heterocycles. The average Bonchev–Trinajstić information content (AvgIpc) is 2.71. The zero-order valence-corrected chi connectivity index (χ0v) is 16.8. The highest BCUT2D eigenvalue weighted by atomic mass is 16.1. The lowest BCUT2D eigenvalue weighted by molar-refractivity contribution is 0.296. The fraction of sp³-hybridized carbons (Fsp3) is 0.304. The molecule has 0 radical (unpaired) electrons. The van der Waals surface area contributed by atoms with Gasteiger partial charge in [0.05, 0.1) is 5.69 Å². The Morgan fingerprint density at radius 2 is 1.64 bits per heavy atom. The summed E-state index contributed by atoms with van der Waals surface area (Å²) < 4.78 is 0. The minimum absolute atomic E-state index is 0.1000. The van der Waals surface area contributed by atoms with Gasteiger partial charge < -0.3 is 5.32 Å². The standard InChI is InChI=1S/C23H28N4O/c1-4-27(5-2)16-19-11-13-20(14-12-19)25-23-24-17(3)21(22(28)26-23)15-18-9-7-6-8-10-18/h6-14H,4-5,15-16H2,1-3H3,(H2,24,25,26,28). The van der Waals surface area contributed by atoms with Crippen molar-refractivity contribution in [3.63, 3.8) is 0 Å². The monoisotopic (exact) mass is 376 g/mol. The van der Waals surface area contributed by atoms with E-state index in [1.165, 1.54) is 5.56 Å². The Balaban J connectivity index is 1.72. The summed E-state index contributed by atoms with van der Waals surface area (Å²) in [6.45, 7) is 9.24. The number of hydrogen-bond acceptors (Lipinski definition) is 4. The van der Waals surface area contributed by atoms with Crippen molar-refractivity contribution in [2.24, 2.45) is 0 Å². The highest BCUT2D eigenvalue weighted by Gasteiger charge is 2.09. The summed E-state index contributed by atoms with van der Waals surface area (Å²) in [6, 6.07) is 18.2. The summed E-state index contributed by atoms with van der Waals surface area (Å²) in [5.74, 6) is 0.468. The largest absolute Gasteiger partial charge is 0.326 e. The zero-order valence-electron chi connectivity index (χ0n) is 16.8. The van der Waals surface area contributed by atoms with Gasteiger partial charge in [-0.2, -0.15) is 0 Å². The van der Waals surface area contributed by atoms with E-state index in [4.69, 9.17) is 0 Å². The van der Waals surface area contributed by atoms with Crippen LogP contribution in [-0.4, -0.2) is 28.0 Å². The molecule has 0 saturated heterocycles. The quantitative estimate of drug-likeness (QED) is 0.617. The van der Waals surface area contributed by atoms with E-state index >= 15 is 0 Å². The average molecular weight is 377 g/mol. The predicted molar refractivity (Wildman–Crippen MR) is 115 cm³/mol. The molecule has 0 atom stereocenters. The Bertz CT molecular complexity index is 945. The molecule has 5 heteroatoms. The van der Waals surface area contributed by atoms with Gasteiger partial charge in [-0.1, -0.05) is 56.3 Å². The molecule has 0 fully saturated rings. The molecule has 28 heavy (non-hydrogen) atoms. The van der Waals surface area contributed by atoms with Crippen LogP contribution >= 0.6 is 0 Å². The summed E-state index contributed by atoms with van der Waals surface area (Å²) in [7, 11) is 0. The molecule has 2 N–H and O–H groups in total. The van der Waals surface area contributed by atoms with E-state index in [0.29, 0.717) is 17.9 Å². The van der Waals surface area contributed by atoms with Crippen LogP contribution in [0.15, 0.2) is 59.4 Å². The minimum atomic E-state index is -0.1000. The second-order valence-electron chi connectivity index (χ2n) is 6.92. The first kappa shape index (κ1) is 19.8. The Hall–Kier alpha value is -2.92. The summed E-state index contributed by atoms with van der Waals surface area (Å²) in [4.78, 5) is 22.3. The molecule has 1 heterocycles. The number of aromatic amines is 1. The van der Waals surface area contributed by atoms with Gasteiger partial charge in [0.2, 0.25) is 5.95 Å². The van der Waals surface area contributed by atoms with Gasteiger partial charge in [-0.15, -0.1) is 0 Å². The van der Waals surface area contributed by atoms with Crippen LogP contribution in [0.4, 0.5) is 11.6 Å². The second-order valence-corrected chi connectivity index (χ2v) is 6.92. The molecule has 0 aliphatic heterocycles. The van der Waals surface area contributed by atoms with E-state index in [1.54, 1.807) is 0 Å². The number of anilines is 2. The van der Waals surface area contributed by atoms with Crippen LogP contribution in [0.3, 0.4) is 0 Å². The summed E-state index contributed by atoms with van der Waals surface area (Å²) in [5, 5.41) is 3.20. The topological polar surface area (TPSA) is 61.0 Å². The number of aryl methyl sites for hydroxylation is 1. The van der Waals surface area contributed by atoms with Crippen molar-refractivity contribution in [3.05, 3.63) is 87.3 Å². The van der Waals surface area contributed by atoms with E-state index < -0.39 is 0 Å². The maximum absolute atomic E-state index is 12.6. The van der Waals surface area contributed by atoms with Crippen LogP contribution in [-0.2, 0) is 13.0 Å². The summed E-state index contributed by atoms with van der Waals surface area (Å²) >= 11 is 0. The first-order chi connectivity index (χ1) is 13.6. The molecule has 0 aliphatic rings. The lowest BCUT2D eigenvalue weighted by Crippen LogP contribution is -2.22. The fourth-order valence-electron chi connectivity index (χ4n) is 3.21. The molecule has 3 rings (SSSR count). The van der Waals surface area contributed by atoms with Gasteiger partial charge in [-0.05, 0) is 43.3 Å². The molecule has 0 unspecified atom stereocenters. The van der Waals surface area contributed by atoms with Crippen molar-refractivity contribution in [3.8, 4) is 0 Å². The minimum Gasteiger partial charge on any atom is -0.326 e. The number of nitrogens with zero attached hydrogens (tertiary/aromatic N) is 2. The van der Waals surface area contributed by atoms with Gasteiger partial charge in [0.25, 0.3) is 5.56 Å². The zero-order chi connectivity index (χ0) is 19.9. The van der Waals surface area contributed by atoms with Crippen molar-refractivity contribution < 1.29 is 0 Å². The van der Waals surface area contributed by atoms with Crippen LogP contribution in [0.2, 0.25) is 0 Å². The molecule has 0 aliphatic carbocycles. The molecule has 0 saturated carbocycles. The van der Waals surface area contributed by atoms with E-state index in [9.17, 15) is 4.79 Å². The number of nitrogens with one attached hydrogen (secondary N) is 2. The number of hydrogen-bond donors (Lipinski definition) is 2. The normalized spacial score (nSPS) is 11.0. The number of H-pyrrole nitrogens is 1. The maximum Gasteiger partial charge on any atom is 0.256 e. The van der Waals surface area contributed by atoms with Crippen LogP contribution in [0.25, 0.3) is 0 Å². The number of aromatic nitrogens is 2. The van der Waals surface area contributed by atoms with Gasteiger partial charge in [0.1, 0.15) is 0 Å². The highest BCUT2D eigenvalue weighted by molar-refractivity contribution is 5.54. The molecular formula is C23H28N4O. The van der Waals surface area contributed by atoms with Crippen LogP contribution < -0.4 is 10.9 Å². The van der Waals surface area contributed by atoms with Gasteiger partial charge in [-0.3, -0.25) is 14.7 Å². The van der Waals surface area contributed by atoms with Gasteiger partial charge in [0, 0.05) is 24.2 Å². The van der Waals surface area contributed by atoms with E-state index in [-0.39, 0.29) is 5.56 Å². The maximum atomic E-state index is 12.6. The number of benzene rings is 2. The summed E-state index contributed by atoms with van der Waals surface area (Å²) in [6.07, 6.45) is 0.579. The molecule has 5 nitrogen and oxygen atoms in total. The van der Waals surface area contributed by atoms with E-state index in [0.717, 1.165) is 36.6 Å². The van der Waals surface area contributed by atoms with Gasteiger partial charge >= 0.3 is 0 Å². The third kappa shape index (κ3) is 5.08. The predicted octanol–water partition coefficient (Wildman–Crippen LogP) is 4.25. The molecule has 0 amide bonds.